The molecule has 1 heterocycles. The number of aliphatic imine (C=N–C) groups is 2. The highest BCUT2D eigenvalue weighted by Crippen LogP contribution is 2.26. The summed E-state index contributed by atoms with van der Waals surface area (Å²) in [6, 6.07) is 1.45. The zero-order valence-electron chi connectivity index (χ0n) is 16.7. The number of carbonyl (C=O) groups excluding carboxylic acids is 1. The third kappa shape index (κ3) is 5.04. The van der Waals surface area contributed by atoms with Crippen molar-refractivity contribution in [2.75, 3.05) is 13.6 Å². The van der Waals surface area contributed by atoms with Gasteiger partial charge in [0, 0.05) is 31.3 Å². The summed E-state index contributed by atoms with van der Waals surface area (Å²) in [6.07, 6.45) is 7.26. The van der Waals surface area contributed by atoms with Crippen LogP contribution in [0.2, 0.25) is 0 Å². The molecule has 1 aliphatic heterocycles. The van der Waals surface area contributed by atoms with Crippen LogP contribution in [0.4, 0.5) is 0 Å². The van der Waals surface area contributed by atoms with Gasteiger partial charge in [-0.3, -0.25) is 14.8 Å². The molecule has 1 unspecified atom stereocenters. The van der Waals surface area contributed by atoms with Crippen molar-refractivity contribution < 1.29 is 4.79 Å². The van der Waals surface area contributed by atoms with Gasteiger partial charge in [-0.1, -0.05) is 32.6 Å². The Morgan fingerprint density at radius 1 is 1.41 bits per heavy atom. The number of nitriles is 1. The molecule has 1 amide bonds. The number of carbonyl (C=O) groups is 1. The van der Waals surface area contributed by atoms with Crippen molar-refractivity contribution in [1.29, 1.82) is 5.26 Å². The van der Waals surface area contributed by atoms with Crippen LogP contribution in [0, 0.1) is 11.3 Å². The van der Waals surface area contributed by atoms with Crippen LogP contribution in [0.5, 0.6) is 0 Å². The van der Waals surface area contributed by atoms with Gasteiger partial charge in [-0.25, -0.2) is 0 Å². The second kappa shape index (κ2) is 10.9. The highest BCUT2D eigenvalue weighted by molar-refractivity contribution is 6.26. The zero-order chi connectivity index (χ0) is 20.4. The number of hydrogen-bond donors (Lipinski definition) is 1. The van der Waals surface area contributed by atoms with E-state index in [1.54, 1.807) is 6.08 Å². The molecule has 0 aromatic heterocycles. The summed E-state index contributed by atoms with van der Waals surface area (Å²) in [7, 11) is 1.84. The van der Waals surface area contributed by atoms with Crippen molar-refractivity contribution in [3.8, 4) is 6.07 Å². The van der Waals surface area contributed by atoms with Gasteiger partial charge in [-0.15, -0.1) is 0 Å². The summed E-state index contributed by atoms with van der Waals surface area (Å²) >= 11 is 0. The predicted molar refractivity (Wildman–Crippen MR) is 111 cm³/mol. The van der Waals surface area contributed by atoms with Crippen LogP contribution in [0.3, 0.4) is 0 Å². The first-order chi connectivity index (χ1) is 13.1. The van der Waals surface area contributed by atoms with Crippen LogP contribution in [-0.4, -0.2) is 43.4 Å². The Labute approximate surface area is 162 Å². The van der Waals surface area contributed by atoms with E-state index in [9.17, 15) is 10.1 Å². The average Bonchev–Trinajstić information content (AvgIpc) is 2.72. The highest BCUT2D eigenvalue weighted by Gasteiger charge is 2.30. The number of nitrogens with one attached hydrogen (secondary N) is 1. The van der Waals surface area contributed by atoms with Crippen molar-refractivity contribution >= 4 is 18.8 Å². The fourth-order valence-electron chi connectivity index (χ4n) is 3.16. The highest BCUT2D eigenvalue weighted by atomic mass is 16.2. The molecule has 0 aromatic carbocycles. The SMILES string of the molecule is C=CC1=C(N=C)CCN(C(=O)C=NC2=C(NC)C(C)=CCC2)C1C#N.CC. The second-order valence-electron chi connectivity index (χ2n) is 5.83. The lowest BCUT2D eigenvalue weighted by Crippen LogP contribution is -2.44. The van der Waals surface area contributed by atoms with Crippen LogP contribution >= 0.6 is 0 Å². The summed E-state index contributed by atoms with van der Waals surface area (Å²) in [6.45, 7) is 13.7. The molecular weight excluding hydrogens is 338 g/mol. The number of amides is 1. The molecule has 0 saturated heterocycles. The van der Waals surface area contributed by atoms with Gasteiger partial charge >= 0.3 is 0 Å². The van der Waals surface area contributed by atoms with E-state index in [2.05, 4.69) is 40.7 Å². The first-order valence-corrected chi connectivity index (χ1v) is 9.21. The van der Waals surface area contributed by atoms with Crippen molar-refractivity contribution in [3.63, 3.8) is 0 Å². The lowest BCUT2D eigenvalue weighted by molar-refractivity contribution is -0.124. The molecule has 144 valence electrons. The molecular formula is C21H29N5O. The molecule has 0 radical (unpaired) electrons. The minimum atomic E-state index is -0.712. The maximum absolute atomic E-state index is 12.6. The third-order valence-electron chi connectivity index (χ3n) is 4.44. The maximum Gasteiger partial charge on any atom is 0.266 e. The molecule has 0 saturated carbocycles. The Balaban J connectivity index is 0.00000176. The summed E-state index contributed by atoms with van der Waals surface area (Å²) in [5.41, 5.74) is 4.29. The second-order valence-corrected chi connectivity index (χ2v) is 5.83. The first-order valence-electron chi connectivity index (χ1n) is 9.21. The number of hydrogen-bond acceptors (Lipinski definition) is 5. The quantitative estimate of drug-likeness (QED) is 0.755. The van der Waals surface area contributed by atoms with Crippen LogP contribution in [0.1, 0.15) is 40.0 Å². The smallest absolute Gasteiger partial charge is 0.266 e. The Kier molecular flexibility index (Phi) is 8.94. The van der Waals surface area contributed by atoms with Gasteiger partial charge in [0.25, 0.3) is 5.91 Å². The third-order valence-corrected chi connectivity index (χ3v) is 4.44. The monoisotopic (exact) mass is 367 g/mol. The van der Waals surface area contributed by atoms with E-state index in [-0.39, 0.29) is 5.91 Å². The van der Waals surface area contributed by atoms with E-state index in [0.717, 1.165) is 35.5 Å². The largest absolute Gasteiger partial charge is 0.386 e. The molecule has 0 bridgehead atoms. The molecule has 2 aliphatic rings. The summed E-state index contributed by atoms with van der Waals surface area (Å²) in [4.78, 5) is 22.5. The minimum Gasteiger partial charge on any atom is -0.386 e. The lowest BCUT2D eigenvalue weighted by Gasteiger charge is -2.32. The number of rotatable bonds is 5. The van der Waals surface area contributed by atoms with Gasteiger partial charge in [-0.2, -0.15) is 5.26 Å². The standard InChI is InChI=1S/C19H23N5O.C2H6/c1-5-14-15(21-3)9-10-24(17(14)11-20)18(25)12-23-16-8-6-7-13(2)19(16)22-4;1-2/h5,7,12,17,22H,1,3,6,8-10H2,2,4H3;1-2H3. The van der Waals surface area contributed by atoms with Gasteiger partial charge in [0.05, 0.1) is 23.7 Å². The Morgan fingerprint density at radius 3 is 2.67 bits per heavy atom. The molecule has 0 spiro atoms. The van der Waals surface area contributed by atoms with E-state index < -0.39 is 6.04 Å². The van der Waals surface area contributed by atoms with E-state index in [1.807, 2.05) is 27.8 Å². The van der Waals surface area contributed by atoms with Gasteiger partial charge in [0.2, 0.25) is 0 Å². The zero-order valence-corrected chi connectivity index (χ0v) is 16.7. The van der Waals surface area contributed by atoms with E-state index in [4.69, 9.17) is 0 Å². The fourth-order valence-corrected chi connectivity index (χ4v) is 3.16. The number of likely N-dealkylation sites (N-methyl/N-ethyl adjacent to an activating group) is 1. The maximum atomic E-state index is 12.6. The lowest BCUT2D eigenvalue weighted by atomic mass is 9.98. The molecule has 6 heteroatoms. The van der Waals surface area contributed by atoms with E-state index >= 15 is 0 Å². The molecule has 1 N–H and O–H groups in total. The Hall–Kier alpha value is -2.94. The van der Waals surface area contributed by atoms with Gasteiger partial charge < -0.3 is 10.2 Å². The normalized spacial score (nSPS) is 19.7. The van der Waals surface area contributed by atoms with Crippen LogP contribution in [-0.2, 0) is 4.79 Å². The molecule has 0 fully saturated rings. The van der Waals surface area contributed by atoms with Crippen LogP contribution in [0.15, 0.2) is 57.0 Å². The van der Waals surface area contributed by atoms with Gasteiger partial charge in [0.1, 0.15) is 6.04 Å². The van der Waals surface area contributed by atoms with Crippen molar-refractivity contribution in [1.82, 2.24) is 10.2 Å². The fraction of sp³-hybridized carbons (Fsp3) is 0.429. The summed E-state index contributed by atoms with van der Waals surface area (Å²) in [5, 5.41) is 12.6. The van der Waals surface area contributed by atoms with Gasteiger partial charge in [-0.05, 0) is 32.1 Å². The van der Waals surface area contributed by atoms with Crippen molar-refractivity contribution in [2.45, 2.75) is 46.1 Å². The van der Waals surface area contributed by atoms with Crippen molar-refractivity contribution in [3.05, 3.63) is 47.0 Å². The number of nitrogens with zero attached hydrogens (tertiary/aromatic N) is 4. The van der Waals surface area contributed by atoms with Crippen LogP contribution in [0.25, 0.3) is 0 Å². The van der Waals surface area contributed by atoms with E-state index in [0.29, 0.717) is 18.5 Å². The molecule has 2 rings (SSSR count). The first kappa shape index (κ1) is 22.1. The van der Waals surface area contributed by atoms with Gasteiger partial charge in [0.15, 0.2) is 0 Å². The van der Waals surface area contributed by atoms with Crippen LogP contribution < -0.4 is 5.32 Å². The molecule has 6 nitrogen and oxygen atoms in total. The molecule has 1 atom stereocenters. The molecule has 0 aromatic rings. The summed E-state index contributed by atoms with van der Waals surface area (Å²) < 4.78 is 0. The minimum absolute atomic E-state index is 0.288. The topological polar surface area (TPSA) is 80.8 Å². The Morgan fingerprint density at radius 2 is 2.11 bits per heavy atom. The molecule has 1 aliphatic carbocycles. The average molecular weight is 367 g/mol. The van der Waals surface area contributed by atoms with E-state index in [1.165, 1.54) is 11.1 Å². The predicted octanol–water partition coefficient (Wildman–Crippen LogP) is 3.52. The molecule has 27 heavy (non-hydrogen) atoms. The Bertz CT molecular complexity index is 749. The van der Waals surface area contributed by atoms with Crippen molar-refractivity contribution in [2.24, 2.45) is 9.98 Å². The summed E-state index contributed by atoms with van der Waals surface area (Å²) in [5.74, 6) is -0.288. The number of allylic oxidation sites excluding steroid dienone is 3.